The fraction of sp³-hybridized carbons (Fsp3) is 0.500. The average Bonchev–Trinajstić information content (AvgIpc) is 2.67. The third-order valence-electron chi connectivity index (χ3n) is 7.04. The Hall–Kier alpha value is -1.81. The molecule has 1 aromatic heterocycles. The van der Waals surface area contributed by atoms with Gasteiger partial charge in [-0.3, -0.25) is 4.79 Å². The first-order valence-electron chi connectivity index (χ1n) is 10.6. The van der Waals surface area contributed by atoms with Crippen molar-refractivity contribution in [1.82, 2.24) is 10.3 Å². The summed E-state index contributed by atoms with van der Waals surface area (Å²) in [6.45, 7) is 2.91. The molecule has 0 unspecified atom stereocenters. The van der Waals surface area contributed by atoms with E-state index in [4.69, 9.17) is 0 Å². The molecular formula is C24H28N2OS. The van der Waals surface area contributed by atoms with E-state index in [0.717, 1.165) is 34.2 Å². The van der Waals surface area contributed by atoms with Gasteiger partial charge in [-0.2, -0.15) is 0 Å². The van der Waals surface area contributed by atoms with Gasteiger partial charge in [0.15, 0.2) is 0 Å². The lowest BCUT2D eigenvalue weighted by Crippen LogP contribution is -2.51. The van der Waals surface area contributed by atoms with Crippen molar-refractivity contribution in [2.75, 3.05) is 6.54 Å². The van der Waals surface area contributed by atoms with Crippen LogP contribution in [0.1, 0.15) is 54.4 Å². The second-order valence-electron chi connectivity index (χ2n) is 9.37. The third kappa shape index (κ3) is 3.59. The highest BCUT2D eigenvalue weighted by Crippen LogP contribution is 2.59. The van der Waals surface area contributed by atoms with Gasteiger partial charge in [0.25, 0.3) is 5.91 Å². The number of hydrogen-bond donors (Lipinski definition) is 1. The molecule has 0 atom stereocenters. The topological polar surface area (TPSA) is 42.0 Å². The summed E-state index contributed by atoms with van der Waals surface area (Å²) in [5, 5.41) is 4.09. The first kappa shape index (κ1) is 18.2. The van der Waals surface area contributed by atoms with Crippen LogP contribution < -0.4 is 5.32 Å². The Morgan fingerprint density at radius 1 is 1.07 bits per heavy atom. The molecule has 4 heteroatoms. The minimum atomic E-state index is 0.0263. The van der Waals surface area contributed by atoms with E-state index in [9.17, 15) is 4.79 Å². The van der Waals surface area contributed by atoms with Crippen LogP contribution in [0, 0.1) is 30.1 Å². The number of aryl methyl sites for hydroxylation is 1. The van der Waals surface area contributed by atoms with Crippen molar-refractivity contribution in [3.05, 3.63) is 53.7 Å². The summed E-state index contributed by atoms with van der Waals surface area (Å²) in [6, 6.07) is 12.1. The maximum absolute atomic E-state index is 13.0. The lowest BCUT2D eigenvalue weighted by atomic mass is 9.49. The van der Waals surface area contributed by atoms with Gasteiger partial charge in [-0.15, -0.1) is 0 Å². The molecule has 0 aliphatic heterocycles. The Morgan fingerprint density at radius 2 is 1.71 bits per heavy atom. The zero-order valence-corrected chi connectivity index (χ0v) is 17.3. The molecule has 146 valence electrons. The summed E-state index contributed by atoms with van der Waals surface area (Å²) in [7, 11) is 0. The minimum Gasteiger partial charge on any atom is -0.351 e. The summed E-state index contributed by atoms with van der Waals surface area (Å²) in [4.78, 5) is 18.6. The highest BCUT2D eigenvalue weighted by Gasteiger charge is 2.50. The van der Waals surface area contributed by atoms with Crippen LogP contribution in [0.25, 0.3) is 0 Å². The Balaban J connectivity index is 1.29. The quantitative estimate of drug-likeness (QED) is 0.732. The number of hydrogen-bond acceptors (Lipinski definition) is 3. The van der Waals surface area contributed by atoms with E-state index in [1.54, 1.807) is 18.0 Å². The van der Waals surface area contributed by atoms with Gasteiger partial charge in [0.2, 0.25) is 0 Å². The minimum absolute atomic E-state index is 0.0263. The van der Waals surface area contributed by atoms with Crippen LogP contribution in [0.3, 0.4) is 0 Å². The van der Waals surface area contributed by atoms with E-state index < -0.39 is 0 Å². The smallest absolute Gasteiger partial charge is 0.254 e. The van der Waals surface area contributed by atoms with E-state index >= 15 is 0 Å². The van der Waals surface area contributed by atoms with E-state index in [2.05, 4.69) is 41.5 Å². The summed E-state index contributed by atoms with van der Waals surface area (Å²) in [6.07, 6.45) is 10.0. The molecule has 3 nitrogen and oxygen atoms in total. The molecule has 0 radical (unpaired) electrons. The van der Waals surface area contributed by atoms with Crippen molar-refractivity contribution in [2.24, 2.45) is 23.2 Å². The number of pyridine rings is 1. The van der Waals surface area contributed by atoms with E-state index in [-0.39, 0.29) is 5.91 Å². The van der Waals surface area contributed by atoms with Gasteiger partial charge < -0.3 is 5.32 Å². The Kier molecular flexibility index (Phi) is 4.70. The zero-order valence-electron chi connectivity index (χ0n) is 16.5. The van der Waals surface area contributed by atoms with Crippen LogP contribution in [0.15, 0.2) is 52.5 Å². The highest BCUT2D eigenvalue weighted by molar-refractivity contribution is 7.99. The molecule has 2 aromatic rings. The van der Waals surface area contributed by atoms with E-state index in [1.165, 1.54) is 44.1 Å². The maximum Gasteiger partial charge on any atom is 0.254 e. The summed E-state index contributed by atoms with van der Waals surface area (Å²) >= 11 is 1.56. The summed E-state index contributed by atoms with van der Waals surface area (Å²) in [5.74, 6) is 2.76. The molecule has 0 spiro atoms. The van der Waals surface area contributed by atoms with Gasteiger partial charge in [0.1, 0.15) is 5.03 Å². The monoisotopic (exact) mass is 392 g/mol. The Labute approximate surface area is 171 Å². The van der Waals surface area contributed by atoms with Gasteiger partial charge in [-0.05, 0) is 92.9 Å². The molecule has 1 aromatic carbocycles. The molecular weight excluding hydrogens is 364 g/mol. The van der Waals surface area contributed by atoms with Crippen molar-refractivity contribution < 1.29 is 4.79 Å². The average molecular weight is 393 g/mol. The van der Waals surface area contributed by atoms with E-state index in [1.807, 2.05) is 12.1 Å². The molecule has 4 aliphatic carbocycles. The largest absolute Gasteiger partial charge is 0.351 e. The zero-order chi connectivity index (χ0) is 19.1. The standard InChI is InChI=1S/C24H28N2OS/c1-16-4-6-20(7-5-16)28-23-21(3-2-8-25-23)22(27)26-15-24-12-17-9-18(13-24)11-19(10-17)14-24/h2-8,17-19H,9-15H2,1H3,(H,26,27). The molecule has 1 heterocycles. The number of nitrogens with one attached hydrogen (secondary N) is 1. The molecule has 1 N–H and O–H groups in total. The van der Waals surface area contributed by atoms with Gasteiger partial charge in [0.05, 0.1) is 5.56 Å². The first-order chi connectivity index (χ1) is 13.6. The molecule has 0 saturated heterocycles. The number of rotatable bonds is 5. The van der Waals surface area contributed by atoms with Crippen LogP contribution in [0.5, 0.6) is 0 Å². The molecule has 4 aliphatic rings. The number of carbonyl (C=O) groups excluding carboxylic acids is 1. The lowest BCUT2D eigenvalue weighted by Gasteiger charge is -2.56. The first-order valence-corrected chi connectivity index (χ1v) is 11.4. The van der Waals surface area contributed by atoms with Gasteiger partial charge >= 0.3 is 0 Å². The number of aromatic nitrogens is 1. The highest BCUT2D eigenvalue weighted by atomic mass is 32.2. The fourth-order valence-electron chi connectivity index (χ4n) is 6.23. The molecule has 4 bridgehead atoms. The lowest BCUT2D eigenvalue weighted by molar-refractivity contribution is -0.0503. The van der Waals surface area contributed by atoms with Gasteiger partial charge in [-0.1, -0.05) is 29.5 Å². The Morgan fingerprint density at radius 3 is 2.36 bits per heavy atom. The van der Waals surface area contributed by atoms with Crippen LogP contribution >= 0.6 is 11.8 Å². The Bertz CT molecular complexity index is 841. The van der Waals surface area contributed by atoms with Gasteiger partial charge in [-0.25, -0.2) is 4.98 Å². The molecule has 4 saturated carbocycles. The predicted octanol–water partition coefficient (Wildman–Crippen LogP) is 5.49. The number of amides is 1. The van der Waals surface area contributed by atoms with Crippen LogP contribution in [-0.2, 0) is 0 Å². The number of nitrogens with zero attached hydrogens (tertiary/aromatic N) is 1. The molecule has 4 fully saturated rings. The van der Waals surface area contributed by atoms with Crippen molar-refractivity contribution in [2.45, 2.75) is 55.4 Å². The maximum atomic E-state index is 13.0. The normalized spacial score (nSPS) is 30.4. The van der Waals surface area contributed by atoms with E-state index in [0.29, 0.717) is 11.0 Å². The second kappa shape index (κ2) is 7.22. The summed E-state index contributed by atoms with van der Waals surface area (Å²) < 4.78 is 0. The number of benzene rings is 1. The van der Waals surface area contributed by atoms with Crippen molar-refractivity contribution in [1.29, 1.82) is 0 Å². The van der Waals surface area contributed by atoms with Crippen molar-refractivity contribution in [3.63, 3.8) is 0 Å². The number of carbonyl (C=O) groups is 1. The van der Waals surface area contributed by atoms with Crippen molar-refractivity contribution >= 4 is 17.7 Å². The second-order valence-corrected chi connectivity index (χ2v) is 10.4. The van der Waals surface area contributed by atoms with Crippen molar-refractivity contribution in [3.8, 4) is 0 Å². The third-order valence-corrected chi connectivity index (χ3v) is 8.07. The molecule has 6 rings (SSSR count). The molecule has 28 heavy (non-hydrogen) atoms. The SMILES string of the molecule is Cc1ccc(Sc2ncccc2C(=O)NCC23CC4CC(CC(C4)C2)C3)cc1. The van der Waals surface area contributed by atoms with Crippen LogP contribution in [0.2, 0.25) is 0 Å². The van der Waals surface area contributed by atoms with Gasteiger partial charge in [0, 0.05) is 17.6 Å². The van der Waals surface area contributed by atoms with Crippen LogP contribution in [-0.4, -0.2) is 17.4 Å². The van der Waals surface area contributed by atoms with Crippen LogP contribution in [0.4, 0.5) is 0 Å². The summed E-state index contributed by atoms with van der Waals surface area (Å²) in [5.41, 5.74) is 2.29. The predicted molar refractivity (Wildman–Crippen MR) is 112 cm³/mol. The fourth-order valence-corrected chi connectivity index (χ4v) is 7.11. The molecule has 1 amide bonds.